The second kappa shape index (κ2) is 1.30. The number of carbonyl (C=O) groups excluding carboxylic acids is 1. The first kappa shape index (κ1) is 4.47. The van der Waals surface area contributed by atoms with Crippen molar-refractivity contribution in [3.63, 3.8) is 0 Å². The lowest BCUT2D eigenvalue weighted by atomic mass is 10.3. The molecule has 0 spiro atoms. The molecule has 44 valence electrons. The Bertz CT molecular complexity index is 123. The Morgan fingerprint density at radius 3 is 2.75 bits per heavy atom. The third-order valence-corrected chi connectivity index (χ3v) is 1.53. The fraction of sp³-hybridized carbons (Fsp3) is 0.800. The number of rotatable bonds is 1. The van der Waals surface area contributed by atoms with Crippen molar-refractivity contribution in [1.82, 2.24) is 0 Å². The molecular formula is C5H6O3. The Morgan fingerprint density at radius 2 is 2.50 bits per heavy atom. The first-order valence-corrected chi connectivity index (χ1v) is 2.64. The van der Waals surface area contributed by atoms with Crippen molar-refractivity contribution in [3.05, 3.63) is 0 Å². The second-order valence-corrected chi connectivity index (χ2v) is 2.07. The zero-order valence-corrected chi connectivity index (χ0v) is 4.24. The van der Waals surface area contributed by atoms with Gasteiger partial charge in [0.05, 0.1) is 6.61 Å². The molecule has 0 aromatic heterocycles. The molecule has 8 heavy (non-hydrogen) atoms. The maximum Gasteiger partial charge on any atom is 0.151 e. The predicted molar refractivity (Wildman–Crippen MR) is 24.5 cm³/mol. The summed E-state index contributed by atoms with van der Waals surface area (Å²) < 4.78 is 9.97. The lowest BCUT2D eigenvalue weighted by Gasteiger charge is -1.99. The summed E-state index contributed by atoms with van der Waals surface area (Å²) in [6.45, 7) is 0.605. The van der Waals surface area contributed by atoms with Gasteiger partial charge in [-0.3, -0.25) is 0 Å². The van der Waals surface area contributed by atoms with E-state index in [1.165, 1.54) is 0 Å². The first-order valence-electron chi connectivity index (χ1n) is 2.64. The van der Waals surface area contributed by atoms with E-state index in [1.54, 1.807) is 0 Å². The van der Waals surface area contributed by atoms with E-state index in [9.17, 15) is 4.79 Å². The maximum atomic E-state index is 10.0. The monoisotopic (exact) mass is 114 g/mol. The van der Waals surface area contributed by atoms with Crippen LogP contribution in [-0.4, -0.2) is 31.2 Å². The van der Waals surface area contributed by atoms with Gasteiger partial charge in [0.25, 0.3) is 0 Å². The molecule has 2 aliphatic heterocycles. The van der Waals surface area contributed by atoms with Gasteiger partial charge >= 0.3 is 0 Å². The highest BCUT2D eigenvalue weighted by Crippen LogP contribution is 2.32. The zero-order valence-electron chi connectivity index (χ0n) is 4.24. The zero-order chi connectivity index (χ0) is 5.56. The van der Waals surface area contributed by atoms with Crippen LogP contribution in [0, 0.1) is 0 Å². The molecule has 0 radical (unpaired) electrons. The summed E-state index contributed by atoms with van der Waals surface area (Å²) in [5, 5.41) is 0. The Labute approximate surface area is 46.6 Å². The van der Waals surface area contributed by atoms with E-state index in [2.05, 4.69) is 0 Å². The lowest BCUT2D eigenvalue weighted by Crippen LogP contribution is -2.15. The number of ether oxygens (including phenoxy) is 2. The number of carbonyl (C=O) groups is 1. The standard InChI is InChI=1S/C5H6O3/c6-1-3-5-4(8-5)2-7-3/h1,3-5H,2H2/t3-,4+,5-/m0/s1. The van der Waals surface area contributed by atoms with Gasteiger partial charge in [-0.25, -0.2) is 0 Å². The fourth-order valence-corrected chi connectivity index (χ4v) is 0.997. The van der Waals surface area contributed by atoms with E-state index < -0.39 is 0 Å². The SMILES string of the molecule is O=C[C@@H]1OC[C@H]2O[C@@H]12. The van der Waals surface area contributed by atoms with Crippen LogP contribution >= 0.6 is 0 Å². The summed E-state index contributed by atoms with van der Waals surface area (Å²) in [7, 11) is 0. The molecule has 0 saturated carbocycles. The van der Waals surface area contributed by atoms with Crippen molar-refractivity contribution in [3.8, 4) is 0 Å². The van der Waals surface area contributed by atoms with Gasteiger partial charge in [-0.1, -0.05) is 0 Å². The van der Waals surface area contributed by atoms with Gasteiger partial charge in [0, 0.05) is 0 Å². The summed E-state index contributed by atoms with van der Waals surface area (Å²) in [4.78, 5) is 10.0. The molecule has 3 nitrogen and oxygen atoms in total. The number of hydrogen-bond acceptors (Lipinski definition) is 3. The van der Waals surface area contributed by atoms with Crippen molar-refractivity contribution in [2.75, 3.05) is 6.61 Å². The Hall–Kier alpha value is -0.410. The van der Waals surface area contributed by atoms with Crippen LogP contribution in [0.5, 0.6) is 0 Å². The minimum absolute atomic E-state index is 0.104. The summed E-state index contributed by atoms with van der Waals surface area (Å²) >= 11 is 0. The highest BCUT2D eigenvalue weighted by atomic mass is 16.7. The number of fused-ring (bicyclic) bond motifs is 1. The molecule has 3 heteroatoms. The van der Waals surface area contributed by atoms with Crippen LogP contribution in [-0.2, 0) is 14.3 Å². The third-order valence-electron chi connectivity index (χ3n) is 1.53. The quantitative estimate of drug-likeness (QED) is 0.336. The molecule has 0 aromatic carbocycles. The van der Waals surface area contributed by atoms with Gasteiger partial charge < -0.3 is 14.3 Å². The van der Waals surface area contributed by atoms with Crippen molar-refractivity contribution in [1.29, 1.82) is 0 Å². The maximum absolute atomic E-state index is 10.0. The van der Waals surface area contributed by atoms with Crippen molar-refractivity contribution in [2.24, 2.45) is 0 Å². The van der Waals surface area contributed by atoms with Crippen LogP contribution in [0.2, 0.25) is 0 Å². The van der Waals surface area contributed by atoms with Gasteiger partial charge in [-0.15, -0.1) is 0 Å². The minimum Gasteiger partial charge on any atom is -0.365 e. The average Bonchev–Trinajstić information content (AvgIpc) is 2.46. The van der Waals surface area contributed by atoms with E-state index in [0.717, 1.165) is 6.29 Å². The Balaban J connectivity index is 2.06. The van der Waals surface area contributed by atoms with Gasteiger partial charge in [-0.2, -0.15) is 0 Å². The Morgan fingerprint density at radius 1 is 1.62 bits per heavy atom. The summed E-state index contributed by atoms with van der Waals surface area (Å²) in [6.07, 6.45) is 0.884. The normalized spacial score (nSPS) is 50.8. The molecule has 0 unspecified atom stereocenters. The number of epoxide rings is 1. The van der Waals surface area contributed by atoms with Crippen molar-refractivity contribution in [2.45, 2.75) is 18.3 Å². The smallest absolute Gasteiger partial charge is 0.151 e. The molecule has 3 atom stereocenters. The van der Waals surface area contributed by atoms with E-state index in [4.69, 9.17) is 9.47 Å². The Kier molecular flexibility index (Phi) is 0.725. The van der Waals surface area contributed by atoms with Crippen LogP contribution < -0.4 is 0 Å². The average molecular weight is 114 g/mol. The molecule has 2 aliphatic rings. The molecule has 0 aliphatic carbocycles. The van der Waals surface area contributed by atoms with Crippen LogP contribution in [0.1, 0.15) is 0 Å². The summed E-state index contributed by atoms with van der Waals surface area (Å²) in [6, 6.07) is 0. The van der Waals surface area contributed by atoms with Crippen LogP contribution in [0.3, 0.4) is 0 Å². The first-order chi connectivity index (χ1) is 3.92. The summed E-state index contributed by atoms with van der Waals surface area (Å²) in [5.74, 6) is 0. The fourth-order valence-electron chi connectivity index (χ4n) is 0.997. The predicted octanol–water partition coefficient (Wildman–Crippen LogP) is -0.649. The highest BCUT2D eigenvalue weighted by molar-refractivity contribution is 5.59. The molecule has 0 N–H and O–H groups in total. The highest BCUT2D eigenvalue weighted by Gasteiger charge is 2.51. The minimum atomic E-state index is -0.264. The lowest BCUT2D eigenvalue weighted by molar-refractivity contribution is -0.118. The van der Waals surface area contributed by atoms with Crippen LogP contribution in [0.15, 0.2) is 0 Å². The van der Waals surface area contributed by atoms with E-state index >= 15 is 0 Å². The molecule has 2 heterocycles. The molecule has 0 aromatic rings. The molecule has 2 rings (SSSR count). The number of aldehydes is 1. The second-order valence-electron chi connectivity index (χ2n) is 2.07. The van der Waals surface area contributed by atoms with Crippen LogP contribution in [0.25, 0.3) is 0 Å². The summed E-state index contributed by atoms with van der Waals surface area (Å²) in [5.41, 5.74) is 0. The number of hydrogen-bond donors (Lipinski definition) is 0. The largest absolute Gasteiger partial charge is 0.365 e. The van der Waals surface area contributed by atoms with Gasteiger partial charge in [0.1, 0.15) is 18.3 Å². The van der Waals surface area contributed by atoms with Gasteiger partial charge in [0.15, 0.2) is 6.29 Å². The van der Waals surface area contributed by atoms with Gasteiger partial charge in [0.2, 0.25) is 0 Å². The molecule has 2 saturated heterocycles. The topological polar surface area (TPSA) is 38.8 Å². The van der Waals surface area contributed by atoms with E-state index in [-0.39, 0.29) is 18.3 Å². The van der Waals surface area contributed by atoms with Gasteiger partial charge in [-0.05, 0) is 0 Å². The molecular weight excluding hydrogens is 108 g/mol. The third kappa shape index (κ3) is 0.428. The van der Waals surface area contributed by atoms with Crippen molar-refractivity contribution < 1.29 is 14.3 Å². The molecule has 0 amide bonds. The van der Waals surface area contributed by atoms with E-state index in [0.29, 0.717) is 6.61 Å². The molecule has 2 fully saturated rings. The van der Waals surface area contributed by atoms with Crippen LogP contribution in [0.4, 0.5) is 0 Å². The van der Waals surface area contributed by atoms with Crippen molar-refractivity contribution >= 4 is 6.29 Å². The van der Waals surface area contributed by atoms with E-state index in [1.807, 2.05) is 0 Å². The molecule has 0 bridgehead atoms.